The maximum absolute atomic E-state index is 12.1. The molecule has 2 heterocycles. The van der Waals surface area contributed by atoms with Crippen LogP contribution in [0.15, 0.2) is 27.1 Å². The lowest BCUT2D eigenvalue weighted by Gasteiger charge is -2.05. The van der Waals surface area contributed by atoms with Crippen LogP contribution in [0.5, 0.6) is 0 Å². The SMILES string of the molecule is NCc1cc(S(=O)(=O)NCCn2ccnn2)c(Br)s1. The zero-order valence-corrected chi connectivity index (χ0v) is 13.0. The van der Waals surface area contributed by atoms with E-state index in [4.69, 9.17) is 5.73 Å². The molecule has 2 aromatic rings. The summed E-state index contributed by atoms with van der Waals surface area (Å²) in [6, 6.07) is 1.58. The molecule has 10 heteroatoms. The number of nitrogens with zero attached hydrogens (tertiary/aromatic N) is 3. The molecule has 0 aromatic carbocycles. The maximum Gasteiger partial charge on any atom is 0.242 e. The van der Waals surface area contributed by atoms with Gasteiger partial charge in [-0.2, -0.15) is 0 Å². The van der Waals surface area contributed by atoms with Crippen LogP contribution in [0.1, 0.15) is 4.88 Å². The quantitative estimate of drug-likeness (QED) is 0.777. The second-order valence-corrected chi connectivity index (χ2v) is 7.81. The first kappa shape index (κ1) is 14.6. The lowest BCUT2D eigenvalue weighted by molar-refractivity contribution is 0.553. The Kier molecular flexibility index (Phi) is 4.68. The van der Waals surface area contributed by atoms with Gasteiger partial charge in [0.15, 0.2) is 0 Å². The largest absolute Gasteiger partial charge is 0.326 e. The number of halogens is 1. The average molecular weight is 366 g/mol. The molecule has 3 N–H and O–H groups in total. The van der Waals surface area contributed by atoms with E-state index in [0.717, 1.165) is 4.88 Å². The smallest absolute Gasteiger partial charge is 0.242 e. The summed E-state index contributed by atoms with van der Waals surface area (Å²) >= 11 is 4.56. The summed E-state index contributed by atoms with van der Waals surface area (Å²) in [5.74, 6) is 0. The molecular formula is C9H12BrN5O2S2. The van der Waals surface area contributed by atoms with E-state index in [-0.39, 0.29) is 11.4 Å². The predicted molar refractivity (Wildman–Crippen MR) is 75.1 cm³/mol. The van der Waals surface area contributed by atoms with Crippen LogP contribution in [0.4, 0.5) is 0 Å². The van der Waals surface area contributed by atoms with Crippen molar-refractivity contribution in [3.8, 4) is 0 Å². The molecule has 0 aliphatic rings. The minimum Gasteiger partial charge on any atom is -0.326 e. The number of aromatic nitrogens is 3. The third-order valence-corrected chi connectivity index (χ3v) is 6.04. The molecule has 0 spiro atoms. The average Bonchev–Trinajstić information content (AvgIpc) is 2.98. The summed E-state index contributed by atoms with van der Waals surface area (Å²) in [5, 5.41) is 7.39. The molecule has 0 saturated carbocycles. The van der Waals surface area contributed by atoms with E-state index < -0.39 is 10.0 Å². The highest BCUT2D eigenvalue weighted by atomic mass is 79.9. The molecule has 0 aliphatic heterocycles. The Morgan fingerprint density at radius 1 is 1.53 bits per heavy atom. The molecule has 0 fully saturated rings. The molecule has 0 amide bonds. The molecule has 0 aliphatic carbocycles. The Bertz CT molecular complexity index is 638. The van der Waals surface area contributed by atoms with Crippen LogP contribution in [0.3, 0.4) is 0 Å². The van der Waals surface area contributed by atoms with Crippen LogP contribution in [0, 0.1) is 0 Å². The molecular weight excluding hydrogens is 354 g/mol. The molecule has 0 saturated heterocycles. The number of thiophene rings is 1. The van der Waals surface area contributed by atoms with Gasteiger partial charge in [0.1, 0.15) is 4.90 Å². The number of hydrogen-bond acceptors (Lipinski definition) is 6. The number of hydrogen-bond donors (Lipinski definition) is 2. The number of nitrogens with two attached hydrogens (primary N) is 1. The Morgan fingerprint density at radius 3 is 2.89 bits per heavy atom. The van der Waals surface area contributed by atoms with Gasteiger partial charge in [0, 0.05) is 24.2 Å². The summed E-state index contributed by atoms with van der Waals surface area (Å²) in [7, 11) is -3.54. The van der Waals surface area contributed by atoms with Gasteiger partial charge in [-0.15, -0.1) is 16.4 Å². The van der Waals surface area contributed by atoms with Crippen molar-refractivity contribution in [2.45, 2.75) is 18.0 Å². The highest BCUT2D eigenvalue weighted by molar-refractivity contribution is 9.11. The van der Waals surface area contributed by atoms with Gasteiger partial charge in [-0.25, -0.2) is 13.1 Å². The first-order valence-corrected chi connectivity index (χ1v) is 8.44. The third kappa shape index (κ3) is 3.60. The van der Waals surface area contributed by atoms with Crippen LogP contribution >= 0.6 is 27.3 Å². The van der Waals surface area contributed by atoms with E-state index in [0.29, 0.717) is 16.9 Å². The molecule has 2 rings (SSSR count). The highest BCUT2D eigenvalue weighted by Gasteiger charge is 2.20. The molecule has 0 bridgehead atoms. The van der Waals surface area contributed by atoms with Crippen molar-refractivity contribution < 1.29 is 8.42 Å². The zero-order chi connectivity index (χ0) is 13.9. The molecule has 0 radical (unpaired) electrons. The van der Waals surface area contributed by atoms with Crippen LogP contribution in [-0.2, 0) is 23.1 Å². The summed E-state index contributed by atoms with van der Waals surface area (Å²) in [4.78, 5) is 1.03. The summed E-state index contributed by atoms with van der Waals surface area (Å²) in [6.07, 6.45) is 3.21. The van der Waals surface area contributed by atoms with Gasteiger partial charge in [0.25, 0.3) is 0 Å². The predicted octanol–water partition coefficient (Wildman–Crippen LogP) is 0.539. The van der Waals surface area contributed by atoms with Gasteiger partial charge in [0.2, 0.25) is 10.0 Å². The molecule has 0 atom stereocenters. The van der Waals surface area contributed by atoms with Crippen LogP contribution in [0.2, 0.25) is 0 Å². The Morgan fingerprint density at radius 2 is 2.32 bits per heavy atom. The van der Waals surface area contributed by atoms with Crippen molar-refractivity contribution in [1.29, 1.82) is 0 Å². The van der Waals surface area contributed by atoms with Gasteiger partial charge in [0.05, 0.1) is 16.5 Å². The second kappa shape index (κ2) is 6.09. The standard InChI is InChI=1S/C9H12BrN5O2S2/c10-9-8(5-7(6-11)18-9)19(16,17)13-2-4-15-3-1-12-14-15/h1,3,5,13H,2,4,6,11H2. The molecule has 7 nitrogen and oxygen atoms in total. The second-order valence-electron chi connectivity index (χ2n) is 3.62. The lowest BCUT2D eigenvalue weighted by Crippen LogP contribution is -2.27. The van der Waals surface area contributed by atoms with Gasteiger partial charge in [-0.1, -0.05) is 5.21 Å². The van der Waals surface area contributed by atoms with Crippen molar-refractivity contribution in [3.63, 3.8) is 0 Å². The van der Waals surface area contributed by atoms with Crippen molar-refractivity contribution in [2.75, 3.05) is 6.54 Å². The normalized spacial score (nSPS) is 11.9. The molecule has 2 aromatic heterocycles. The minimum atomic E-state index is -3.54. The van der Waals surface area contributed by atoms with Gasteiger partial charge in [-0.3, -0.25) is 4.68 Å². The van der Waals surface area contributed by atoms with Crippen LogP contribution < -0.4 is 10.5 Å². The fraction of sp³-hybridized carbons (Fsp3) is 0.333. The molecule has 0 unspecified atom stereocenters. The highest BCUT2D eigenvalue weighted by Crippen LogP contribution is 2.31. The van der Waals surface area contributed by atoms with Crippen molar-refractivity contribution >= 4 is 37.3 Å². The topological polar surface area (TPSA) is 103 Å². The van der Waals surface area contributed by atoms with Crippen LogP contribution in [-0.4, -0.2) is 30.0 Å². The first-order chi connectivity index (χ1) is 9.03. The Labute approximate surface area is 123 Å². The van der Waals surface area contributed by atoms with E-state index in [1.165, 1.54) is 17.5 Å². The van der Waals surface area contributed by atoms with E-state index in [2.05, 4.69) is 31.0 Å². The van der Waals surface area contributed by atoms with Gasteiger partial charge >= 0.3 is 0 Å². The lowest BCUT2D eigenvalue weighted by atomic mass is 10.5. The zero-order valence-electron chi connectivity index (χ0n) is 9.78. The van der Waals surface area contributed by atoms with E-state index in [1.807, 2.05) is 0 Å². The molecule has 104 valence electrons. The maximum atomic E-state index is 12.1. The van der Waals surface area contributed by atoms with E-state index in [1.54, 1.807) is 16.9 Å². The Hall–Kier alpha value is -0.810. The molecule has 19 heavy (non-hydrogen) atoms. The Balaban J connectivity index is 2.03. The van der Waals surface area contributed by atoms with Crippen LogP contribution in [0.25, 0.3) is 0 Å². The van der Waals surface area contributed by atoms with Gasteiger partial charge < -0.3 is 5.73 Å². The van der Waals surface area contributed by atoms with E-state index in [9.17, 15) is 8.42 Å². The first-order valence-electron chi connectivity index (χ1n) is 5.35. The number of nitrogens with one attached hydrogen (secondary N) is 1. The van der Waals surface area contributed by atoms with E-state index >= 15 is 0 Å². The fourth-order valence-electron chi connectivity index (χ4n) is 1.41. The summed E-state index contributed by atoms with van der Waals surface area (Å²) in [6.45, 7) is 0.981. The summed E-state index contributed by atoms with van der Waals surface area (Å²) < 4.78 is 28.8. The fourth-order valence-corrected chi connectivity index (χ4v) is 4.99. The van der Waals surface area contributed by atoms with Gasteiger partial charge in [-0.05, 0) is 22.0 Å². The van der Waals surface area contributed by atoms with Crippen molar-refractivity contribution in [2.24, 2.45) is 5.73 Å². The number of rotatable bonds is 6. The van der Waals surface area contributed by atoms with Crippen molar-refractivity contribution in [3.05, 3.63) is 27.1 Å². The summed E-state index contributed by atoms with van der Waals surface area (Å²) in [5.41, 5.74) is 5.50. The number of sulfonamides is 1. The monoisotopic (exact) mass is 365 g/mol. The van der Waals surface area contributed by atoms with Crippen molar-refractivity contribution in [1.82, 2.24) is 19.7 Å². The minimum absolute atomic E-state index is 0.219. The third-order valence-electron chi connectivity index (χ3n) is 2.30.